The summed E-state index contributed by atoms with van der Waals surface area (Å²) in [4.78, 5) is 25.4. The van der Waals surface area contributed by atoms with Crippen molar-refractivity contribution in [2.24, 2.45) is 0 Å². The number of hydrogen-bond donors (Lipinski definition) is 1. The highest BCUT2D eigenvalue weighted by molar-refractivity contribution is 7.99. The molecule has 1 unspecified atom stereocenters. The molecule has 0 radical (unpaired) electrons. The number of benzene rings is 4. The zero-order valence-electron chi connectivity index (χ0n) is 23.6. The SMILES string of the molecule is COC(=O)C(CCSc1ccc(-c2cccc(-c3cccc4c3oc3ccccc34)c2)cc1)NC(=O)OC(C)(C)C. The zero-order valence-corrected chi connectivity index (χ0v) is 24.4. The summed E-state index contributed by atoms with van der Waals surface area (Å²) in [6, 6.07) is 30.4. The molecule has 210 valence electrons. The lowest BCUT2D eigenvalue weighted by molar-refractivity contribution is -0.143. The van der Waals surface area contributed by atoms with Crippen LogP contribution in [-0.4, -0.2) is 36.6 Å². The molecular weight excluding hydrogens is 534 g/mol. The summed E-state index contributed by atoms with van der Waals surface area (Å²) in [5.74, 6) is 0.122. The van der Waals surface area contributed by atoms with E-state index in [1.807, 2.05) is 18.2 Å². The fourth-order valence-corrected chi connectivity index (χ4v) is 5.64. The molecular formula is C34H33NO5S. The second kappa shape index (κ2) is 12.1. The number of amides is 1. The number of nitrogens with one attached hydrogen (secondary N) is 1. The van der Waals surface area contributed by atoms with E-state index in [0.29, 0.717) is 12.2 Å². The van der Waals surface area contributed by atoms with Gasteiger partial charge in [0.05, 0.1) is 7.11 Å². The van der Waals surface area contributed by atoms with Gasteiger partial charge in [0.1, 0.15) is 22.8 Å². The van der Waals surface area contributed by atoms with Crippen molar-refractivity contribution in [1.29, 1.82) is 0 Å². The number of carbonyl (C=O) groups excluding carboxylic acids is 2. The van der Waals surface area contributed by atoms with E-state index in [1.165, 1.54) is 7.11 Å². The Balaban J connectivity index is 1.27. The minimum absolute atomic E-state index is 0.410. The smallest absolute Gasteiger partial charge is 0.408 e. The Hall–Kier alpha value is -4.23. The van der Waals surface area contributed by atoms with Gasteiger partial charge in [-0.1, -0.05) is 66.7 Å². The van der Waals surface area contributed by atoms with Crippen LogP contribution in [0.1, 0.15) is 27.2 Å². The van der Waals surface area contributed by atoms with Gasteiger partial charge in [-0.15, -0.1) is 11.8 Å². The summed E-state index contributed by atoms with van der Waals surface area (Å²) in [5.41, 5.74) is 5.50. The predicted molar refractivity (Wildman–Crippen MR) is 165 cm³/mol. The van der Waals surface area contributed by atoms with Crippen molar-refractivity contribution in [1.82, 2.24) is 5.32 Å². The number of rotatable bonds is 8. The van der Waals surface area contributed by atoms with Crippen LogP contribution in [0.2, 0.25) is 0 Å². The number of ether oxygens (including phenoxy) is 2. The number of hydrogen-bond acceptors (Lipinski definition) is 6. The fourth-order valence-electron chi connectivity index (χ4n) is 4.72. The number of esters is 1. The van der Waals surface area contributed by atoms with Gasteiger partial charge in [-0.3, -0.25) is 0 Å². The molecule has 0 aliphatic heterocycles. The van der Waals surface area contributed by atoms with Crippen molar-refractivity contribution < 1.29 is 23.5 Å². The highest BCUT2D eigenvalue weighted by Gasteiger charge is 2.24. The maximum atomic E-state index is 12.2. The Labute approximate surface area is 244 Å². The molecule has 1 atom stereocenters. The molecule has 0 bridgehead atoms. The molecule has 0 spiro atoms. The molecule has 7 heteroatoms. The van der Waals surface area contributed by atoms with Crippen molar-refractivity contribution in [2.75, 3.05) is 12.9 Å². The molecule has 1 heterocycles. The van der Waals surface area contributed by atoms with E-state index in [9.17, 15) is 9.59 Å². The first-order chi connectivity index (χ1) is 19.7. The lowest BCUT2D eigenvalue weighted by Crippen LogP contribution is -2.44. The number of alkyl carbamates (subject to hydrolysis) is 1. The van der Waals surface area contributed by atoms with E-state index in [1.54, 1.807) is 32.5 Å². The summed E-state index contributed by atoms with van der Waals surface area (Å²) in [5, 5.41) is 4.85. The Morgan fingerprint density at radius 3 is 2.32 bits per heavy atom. The summed E-state index contributed by atoms with van der Waals surface area (Å²) in [6.45, 7) is 5.32. The van der Waals surface area contributed by atoms with E-state index in [4.69, 9.17) is 13.9 Å². The molecule has 41 heavy (non-hydrogen) atoms. The average molecular weight is 568 g/mol. The van der Waals surface area contributed by atoms with Crippen LogP contribution < -0.4 is 5.32 Å². The second-order valence-electron chi connectivity index (χ2n) is 10.7. The minimum atomic E-state index is -0.777. The molecule has 0 saturated heterocycles. The molecule has 1 N–H and O–H groups in total. The van der Waals surface area contributed by atoms with Gasteiger partial charge in [-0.25, -0.2) is 9.59 Å². The first-order valence-corrected chi connectivity index (χ1v) is 14.5. The lowest BCUT2D eigenvalue weighted by atomic mass is 9.98. The highest BCUT2D eigenvalue weighted by Crippen LogP contribution is 2.37. The Morgan fingerprint density at radius 2 is 1.56 bits per heavy atom. The largest absolute Gasteiger partial charge is 0.467 e. The number of thioether (sulfide) groups is 1. The Morgan fingerprint density at radius 1 is 0.854 bits per heavy atom. The zero-order chi connectivity index (χ0) is 29.0. The molecule has 4 aromatic carbocycles. The number of methoxy groups -OCH3 is 1. The van der Waals surface area contributed by atoms with Crippen molar-refractivity contribution in [3.8, 4) is 22.3 Å². The monoisotopic (exact) mass is 567 g/mol. The van der Waals surface area contributed by atoms with Crippen molar-refractivity contribution in [2.45, 2.75) is 43.7 Å². The number of fused-ring (bicyclic) bond motifs is 3. The fraction of sp³-hybridized carbons (Fsp3) is 0.235. The maximum absolute atomic E-state index is 12.2. The Bertz CT molecular complexity index is 1680. The van der Waals surface area contributed by atoms with Gasteiger partial charge < -0.3 is 19.2 Å². The average Bonchev–Trinajstić information content (AvgIpc) is 3.35. The van der Waals surface area contributed by atoms with E-state index in [2.05, 4.69) is 78.1 Å². The molecule has 1 aromatic heterocycles. The molecule has 0 aliphatic rings. The van der Waals surface area contributed by atoms with Crippen molar-refractivity contribution in [3.05, 3.63) is 91.0 Å². The van der Waals surface area contributed by atoms with Crippen LogP contribution >= 0.6 is 11.8 Å². The van der Waals surface area contributed by atoms with Crippen LogP contribution in [0, 0.1) is 0 Å². The highest BCUT2D eigenvalue weighted by atomic mass is 32.2. The topological polar surface area (TPSA) is 77.8 Å². The van der Waals surface area contributed by atoms with Gasteiger partial charge >= 0.3 is 12.1 Å². The van der Waals surface area contributed by atoms with Crippen LogP contribution in [0.3, 0.4) is 0 Å². The van der Waals surface area contributed by atoms with Gasteiger partial charge in [0.25, 0.3) is 0 Å². The summed E-state index contributed by atoms with van der Waals surface area (Å²) < 4.78 is 16.4. The Kier molecular flexibility index (Phi) is 8.36. The normalized spacial score (nSPS) is 12.3. The standard InChI is InChI=1S/C34H33NO5S/c1-34(2,3)40-33(37)35-29(32(36)38-4)19-20-41-25-17-15-22(16-18-25)23-9-7-10-24(21-23)26-12-8-13-28-27-11-5-6-14-30(27)39-31(26)28/h5-18,21,29H,19-20H2,1-4H3,(H,35,37). The quantitative estimate of drug-likeness (QED) is 0.150. The van der Waals surface area contributed by atoms with E-state index in [0.717, 1.165) is 49.1 Å². The van der Waals surface area contributed by atoms with Gasteiger partial charge in [0.2, 0.25) is 0 Å². The molecule has 0 saturated carbocycles. The molecule has 1 amide bonds. The molecule has 6 nitrogen and oxygen atoms in total. The number of furan rings is 1. The third-order valence-corrected chi connectivity index (χ3v) is 7.66. The third-order valence-electron chi connectivity index (χ3n) is 6.62. The number of para-hydroxylation sites is 2. The van der Waals surface area contributed by atoms with Gasteiger partial charge in [0.15, 0.2) is 0 Å². The van der Waals surface area contributed by atoms with Crippen molar-refractivity contribution in [3.63, 3.8) is 0 Å². The second-order valence-corrected chi connectivity index (χ2v) is 11.9. The third kappa shape index (κ3) is 6.74. The van der Waals surface area contributed by atoms with Gasteiger partial charge in [-0.2, -0.15) is 0 Å². The lowest BCUT2D eigenvalue weighted by Gasteiger charge is -2.22. The summed E-state index contributed by atoms with van der Waals surface area (Å²) >= 11 is 1.61. The van der Waals surface area contributed by atoms with Crippen LogP contribution in [-0.2, 0) is 14.3 Å². The van der Waals surface area contributed by atoms with Gasteiger partial charge in [0, 0.05) is 27.0 Å². The van der Waals surface area contributed by atoms with Crippen LogP contribution in [0.5, 0.6) is 0 Å². The van der Waals surface area contributed by atoms with Crippen LogP contribution in [0.15, 0.2) is 100 Å². The first-order valence-electron chi connectivity index (χ1n) is 13.5. The summed E-state index contributed by atoms with van der Waals surface area (Å²) in [6.07, 6.45) is -0.227. The molecule has 5 rings (SSSR count). The van der Waals surface area contributed by atoms with Crippen LogP contribution in [0.4, 0.5) is 4.79 Å². The first kappa shape index (κ1) is 28.3. The maximum Gasteiger partial charge on any atom is 0.408 e. The summed E-state index contributed by atoms with van der Waals surface area (Å²) in [7, 11) is 1.31. The van der Waals surface area contributed by atoms with Crippen LogP contribution in [0.25, 0.3) is 44.2 Å². The van der Waals surface area contributed by atoms with Gasteiger partial charge in [-0.05, 0) is 68.1 Å². The molecule has 0 aliphatic carbocycles. The van der Waals surface area contributed by atoms with E-state index in [-0.39, 0.29) is 0 Å². The molecule has 5 aromatic rings. The van der Waals surface area contributed by atoms with E-state index >= 15 is 0 Å². The predicted octanol–water partition coefficient (Wildman–Crippen LogP) is 8.47. The number of carbonyl (C=O) groups is 2. The van der Waals surface area contributed by atoms with Crippen molar-refractivity contribution >= 4 is 45.8 Å². The van der Waals surface area contributed by atoms with E-state index < -0.39 is 23.7 Å². The minimum Gasteiger partial charge on any atom is -0.467 e. The molecule has 0 fully saturated rings.